The molecule has 0 aliphatic heterocycles. The molecule has 1 N–H and O–H groups in total. The molecule has 0 rings (SSSR count). The van der Waals surface area contributed by atoms with Crippen molar-refractivity contribution < 1.29 is 23.9 Å². The first-order valence-corrected chi connectivity index (χ1v) is 6.64. The summed E-state index contributed by atoms with van der Waals surface area (Å²) < 4.78 is 9.71. The maximum atomic E-state index is 11.4. The first-order chi connectivity index (χ1) is 8.92. The number of hydrogen-bond acceptors (Lipinski definition) is 5. The average Bonchev–Trinajstić information content (AvgIpc) is 2.20. The van der Waals surface area contributed by atoms with Gasteiger partial charge in [-0.15, -0.1) is 0 Å². The molecule has 0 spiro atoms. The maximum Gasteiger partial charge on any atom is 0.407 e. The Bertz CT molecular complexity index is 363. The van der Waals surface area contributed by atoms with Gasteiger partial charge in [-0.25, -0.2) is 4.79 Å². The van der Waals surface area contributed by atoms with Gasteiger partial charge in [-0.1, -0.05) is 0 Å². The highest BCUT2D eigenvalue weighted by Crippen LogP contribution is 2.15. The largest absolute Gasteiger partial charge is 0.444 e. The van der Waals surface area contributed by atoms with Crippen LogP contribution in [0.3, 0.4) is 0 Å². The van der Waals surface area contributed by atoms with Crippen molar-refractivity contribution in [3.63, 3.8) is 0 Å². The highest BCUT2D eigenvalue weighted by Gasteiger charge is 2.25. The molecule has 0 aliphatic carbocycles. The lowest BCUT2D eigenvalue weighted by Crippen LogP contribution is -2.33. The topological polar surface area (TPSA) is 81.7 Å². The summed E-state index contributed by atoms with van der Waals surface area (Å²) in [5, 5.41) is 2.52. The van der Waals surface area contributed by atoms with Gasteiger partial charge in [0.1, 0.15) is 5.60 Å². The zero-order valence-corrected chi connectivity index (χ0v) is 13.2. The Morgan fingerprint density at radius 2 is 1.55 bits per heavy atom. The van der Waals surface area contributed by atoms with E-state index >= 15 is 0 Å². The lowest BCUT2D eigenvalue weighted by atomic mass is 9.97. The van der Waals surface area contributed by atoms with E-state index in [9.17, 15) is 14.4 Å². The van der Waals surface area contributed by atoms with Crippen molar-refractivity contribution in [3.8, 4) is 0 Å². The van der Waals surface area contributed by atoms with Crippen LogP contribution < -0.4 is 5.32 Å². The molecule has 6 nitrogen and oxygen atoms in total. The van der Waals surface area contributed by atoms with Crippen LogP contribution in [0.1, 0.15) is 54.4 Å². The fourth-order valence-electron chi connectivity index (χ4n) is 1.04. The molecule has 116 valence electrons. The van der Waals surface area contributed by atoms with Crippen LogP contribution in [-0.2, 0) is 19.1 Å². The van der Waals surface area contributed by atoms with Crippen molar-refractivity contribution in [2.75, 3.05) is 6.54 Å². The number of amides is 1. The first kappa shape index (κ1) is 18.4. The molecule has 0 atom stereocenters. The molecule has 0 unspecified atom stereocenters. The van der Waals surface area contributed by atoms with E-state index in [0.717, 1.165) is 0 Å². The maximum absolute atomic E-state index is 11.4. The number of nitrogens with one attached hydrogen (secondary N) is 1. The Kier molecular flexibility index (Phi) is 6.68. The van der Waals surface area contributed by atoms with E-state index in [1.54, 1.807) is 41.5 Å². The van der Waals surface area contributed by atoms with Crippen molar-refractivity contribution in [3.05, 3.63) is 0 Å². The van der Waals surface area contributed by atoms with Crippen LogP contribution in [0.4, 0.5) is 4.79 Å². The van der Waals surface area contributed by atoms with E-state index in [-0.39, 0.29) is 13.0 Å². The van der Waals surface area contributed by atoms with Gasteiger partial charge in [0.05, 0.1) is 5.41 Å². The minimum Gasteiger partial charge on any atom is -0.444 e. The van der Waals surface area contributed by atoms with Gasteiger partial charge in [0.15, 0.2) is 0 Å². The monoisotopic (exact) mass is 287 g/mol. The third-order valence-electron chi connectivity index (χ3n) is 2.04. The second-order valence-electron chi connectivity index (χ2n) is 6.54. The van der Waals surface area contributed by atoms with E-state index in [1.165, 1.54) is 0 Å². The van der Waals surface area contributed by atoms with Gasteiger partial charge < -0.3 is 14.8 Å². The quantitative estimate of drug-likeness (QED) is 0.488. The summed E-state index contributed by atoms with van der Waals surface area (Å²) >= 11 is 0. The Balaban J connectivity index is 3.84. The molecule has 0 bridgehead atoms. The normalized spacial score (nSPS) is 11.7. The fraction of sp³-hybridized carbons (Fsp3) is 0.786. The van der Waals surface area contributed by atoms with Crippen LogP contribution in [-0.4, -0.2) is 30.2 Å². The fourth-order valence-corrected chi connectivity index (χ4v) is 1.04. The van der Waals surface area contributed by atoms with Crippen molar-refractivity contribution in [1.29, 1.82) is 0 Å². The van der Waals surface area contributed by atoms with Crippen molar-refractivity contribution in [1.82, 2.24) is 5.32 Å². The van der Waals surface area contributed by atoms with E-state index in [2.05, 4.69) is 10.1 Å². The Hall–Kier alpha value is -1.59. The van der Waals surface area contributed by atoms with Crippen LogP contribution in [0.2, 0.25) is 0 Å². The zero-order valence-electron chi connectivity index (χ0n) is 13.2. The number of esters is 2. The van der Waals surface area contributed by atoms with Crippen LogP contribution in [0, 0.1) is 5.41 Å². The second kappa shape index (κ2) is 7.26. The Morgan fingerprint density at radius 3 is 2.00 bits per heavy atom. The van der Waals surface area contributed by atoms with Crippen LogP contribution >= 0.6 is 0 Å². The van der Waals surface area contributed by atoms with Gasteiger partial charge in [0, 0.05) is 13.0 Å². The van der Waals surface area contributed by atoms with Crippen molar-refractivity contribution in [2.24, 2.45) is 5.41 Å². The number of rotatable bonds is 4. The molecule has 0 aliphatic rings. The van der Waals surface area contributed by atoms with Crippen LogP contribution in [0.25, 0.3) is 0 Å². The third-order valence-corrected chi connectivity index (χ3v) is 2.04. The Morgan fingerprint density at radius 1 is 1.00 bits per heavy atom. The molecule has 6 heteroatoms. The summed E-state index contributed by atoms with van der Waals surface area (Å²) in [5.41, 5.74) is -1.26. The molecule has 0 fully saturated rings. The number of alkyl carbamates (subject to hydrolysis) is 1. The first-order valence-electron chi connectivity index (χ1n) is 6.64. The average molecular weight is 287 g/mol. The minimum absolute atomic E-state index is 0.0671. The van der Waals surface area contributed by atoms with Crippen LogP contribution in [0.15, 0.2) is 0 Å². The minimum atomic E-state index is -0.704. The van der Waals surface area contributed by atoms with E-state index in [4.69, 9.17) is 4.74 Å². The van der Waals surface area contributed by atoms with Crippen LogP contribution in [0.5, 0.6) is 0 Å². The second-order valence-corrected chi connectivity index (χ2v) is 6.54. The number of ether oxygens (including phenoxy) is 2. The predicted molar refractivity (Wildman–Crippen MR) is 74.0 cm³/mol. The molecule has 1 amide bonds. The highest BCUT2D eigenvalue weighted by molar-refractivity contribution is 5.88. The molecule has 0 aromatic carbocycles. The molecule has 0 heterocycles. The van der Waals surface area contributed by atoms with Crippen molar-refractivity contribution >= 4 is 18.0 Å². The predicted octanol–water partition coefficient (Wildman–Crippen LogP) is 2.41. The highest BCUT2D eigenvalue weighted by atomic mass is 16.6. The molecule has 0 radical (unpaired) electrons. The molecule has 0 saturated heterocycles. The van der Waals surface area contributed by atoms with Gasteiger partial charge in [0.25, 0.3) is 0 Å². The van der Waals surface area contributed by atoms with Gasteiger partial charge in [-0.3, -0.25) is 9.59 Å². The number of hydrogen-bond donors (Lipinski definition) is 1. The lowest BCUT2D eigenvalue weighted by Gasteiger charge is -2.19. The summed E-state index contributed by atoms with van der Waals surface area (Å²) in [5.74, 6) is -1.14. The van der Waals surface area contributed by atoms with E-state index in [0.29, 0.717) is 6.42 Å². The zero-order chi connectivity index (χ0) is 16.0. The van der Waals surface area contributed by atoms with Crippen molar-refractivity contribution in [2.45, 2.75) is 60.0 Å². The van der Waals surface area contributed by atoms with E-state index in [1.807, 2.05) is 0 Å². The summed E-state index contributed by atoms with van der Waals surface area (Å²) in [7, 11) is 0. The molecule has 0 saturated carbocycles. The SMILES string of the molecule is CC(C)(C)OC(=O)NCCCC(=O)OC(=O)C(C)(C)C. The summed E-state index contributed by atoms with van der Waals surface area (Å²) in [6, 6.07) is 0. The third kappa shape index (κ3) is 9.35. The molecule has 0 aromatic heterocycles. The molecule has 0 aromatic rings. The standard InChI is InChI=1S/C14H25NO5/c1-13(2,3)11(17)19-10(16)8-7-9-15-12(18)20-14(4,5)6/h7-9H2,1-6H3,(H,15,18). The Labute approximate surface area is 120 Å². The number of carbonyl (C=O) groups excluding carboxylic acids is 3. The van der Waals surface area contributed by atoms with Gasteiger partial charge in [-0.2, -0.15) is 0 Å². The lowest BCUT2D eigenvalue weighted by molar-refractivity contribution is -0.165. The summed E-state index contributed by atoms with van der Waals surface area (Å²) in [6.45, 7) is 10.6. The van der Waals surface area contributed by atoms with Gasteiger partial charge >= 0.3 is 18.0 Å². The molecular weight excluding hydrogens is 262 g/mol. The summed E-state index contributed by atoms with van der Waals surface area (Å²) in [4.78, 5) is 34.1. The smallest absolute Gasteiger partial charge is 0.407 e. The molecule has 20 heavy (non-hydrogen) atoms. The summed E-state index contributed by atoms with van der Waals surface area (Å²) in [6.07, 6.45) is -0.0794. The van der Waals surface area contributed by atoms with Gasteiger partial charge in [-0.05, 0) is 48.0 Å². The van der Waals surface area contributed by atoms with Gasteiger partial charge in [0.2, 0.25) is 0 Å². The molecular formula is C14H25NO5. The van der Waals surface area contributed by atoms with E-state index < -0.39 is 29.0 Å². The number of carbonyl (C=O) groups is 3.